The molecule has 5 rings (SSSR count). The zero-order valence-electron chi connectivity index (χ0n) is 17.9. The minimum absolute atomic E-state index is 0.0246. The average Bonchev–Trinajstić information content (AvgIpc) is 3.32. The minimum atomic E-state index is -0.825. The predicted octanol–water partition coefficient (Wildman–Crippen LogP) is 5.99. The number of aromatic nitrogens is 1. The Kier molecular flexibility index (Phi) is 5.13. The van der Waals surface area contributed by atoms with Crippen molar-refractivity contribution in [1.82, 2.24) is 4.98 Å². The molecule has 3 heterocycles. The van der Waals surface area contributed by atoms with E-state index in [-0.39, 0.29) is 11.3 Å². The molecule has 0 spiro atoms. The lowest BCUT2D eigenvalue weighted by Gasteiger charge is -2.27. The van der Waals surface area contributed by atoms with Crippen molar-refractivity contribution in [2.45, 2.75) is 19.9 Å². The minimum Gasteiger partial charge on any atom is -0.503 e. The maximum absolute atomic E-state index is 13.6. The Morgan fingerprint density at radius 1 is 1.03 bits per heavy atom. The van der Waals surface area contributed by atoms with Gasteiger partial charge in [0.1, 0.15) is 5.58 Å². The average molecular weight is 503 g/mol. The topological polar surface area (TPSA) is 83.6 Å². The summed E-state index contributed by atoms with van der Waals surface area (Å²) in [7, 11) is 0. The van der Waals surface area contributed by atoms with Crippen LogP contribution in [-0.2, 0) is 4.79 Å². The first-order valence-corrected chi connectivity index (χ1v) is 11.1. The molecule has 1 amide bonds. The highest BCUT2D eigenvalue weighted by molar-refractivity contribution is 9.10. The van der Waals surface area contributed by atoms with E-state index < -0.39 is 23.5 Å². The van der Waals surface area contributed by atoms with Crippen LogP contribution in [0, 0.1) is 13.8 Å². The second kappa shape index (κ2) is 8.01. The first-order valence-electron chi connectivity index (χ1n) is 10.3. The van der Waals surface area contributed by atoms with Crippen LogP contribution in [-0.4, -0.2) is 21.8 Å². The van der Waals surface area contributed by atoms with Gasteiger partial charge in [-0.2, -0.15) is 0 Å². The van der Waals surface area contributed by atoms with Crippen LogP contribution in [0.2, 0.25) is 0 Å². The molecular formula is C26H19BrN2O4. The number of carbonyl (C=O) groups is 2. The molecule has 0 aliphatic carbocycles. The Bertz CT molecular complexity index is 1440. The second-order valence-electron chi connectivity index (χ2n) is 8.09. The fourth-order valence-electron chi connectivity index (χ4n) is 4.31. The van der Waals surface area contributed by atoms with E-state index in [0.29, 0.717) is 16.8 Å². The van der Waals surface area contributed by atoms with Gasteiger partial charge in [0.2, 0.25) is 5.78 Å². The maximum atomic E-state index is 13.6. The van der Waals surface area contributed by atoms with Crippen molar-refractivity contribution in [3.8, 4) is 0 Å². The number of fused-ring (bicyclic) bond motifs is 1. The zero-order valence-corrected chi connectivity index (χ0v) is 19.5. The second-order valence-corrected chi connectivity index (χ2v) is 9.00. The number of nitrogens with zero attached hydrogens (tertiary/aromatic N) is 2. The number of aryl methyl sites for hydroxylation is 2. The number of anilines is 1. The number of amides is 1. The van der Waals surface area contributed by atoms with Gasteiger partial charge in [-0.05, 0) is 79.1 Å². The lowest BCUT2D eigenvalue weighted by molar-refractivity contribution is -0.117. The molecule has 6 nitrogen and oxygen atoms in total. The van der Waals surface area contributed by atoms with Gasteiger partial charge in [-0.15, -0.1) is 0 Å². The molecule has 164 valence electrons. The number of hydrogen-bond acceptors (Lipinski definition) is 5. The number of carbonyl (C=O) groups excluding carboxylic acids is 2. The molecule has 0 fully saturated rings. The van der Waals surface area contributed by atoms with Crippen LogP contribution < -0.4 is 4.90 Å². The van der Waals surface area contributed by atoms with E-state index in [9.17, 15) is 14.7 Å². The van der Waals surface area contributed by atoms with Crippen molar-refractivity contribution in [3.63, 3.8) is 0 Å². The van der Waals surface area contributed by atoms with Gasteiger partial charge in [-0.3, -0.25) is 19.5 Å². The van der Waals surface area contributed by atoms with Crippen LogP contribution in [0.4, 0.5) is 5.69 Å². The fourth-order valence-corrected chi connectivity index (χ4v) is 4.69. The summed E-state index contributed by atoms with van der Waals surface area (Å²) in [5.41, 5.74) is 3.70. The van der Waals surface area contributed by atoms with Crippen LogP contribution in [0.25, 0.3) is 11.0 Å². The number of benzene rings is 2. The molecule has 0 saturated heterocycles. The molecule has 2 aromatic carbocycles. The van der Waals surface area contributed by atoms with Crippen LogP contribution in [0.1, 0.15) is 33.3 Å². The van der Waals surface area contributed by atoms with Crippen LogP contribution in [0.3, 0.4) is 0 Å². The molecule has 0 bridgehead atoms. The van der Waals surface area contributed by atoms with Gasteiger partial charge in [0, 0.05) is 27.9 Å². The number of pyridine rings is 1. The standard InChI is InChI=1S/C26H19BrN2O4/c1-14-9-15(2)11-19(10-14)29-23(16-5-7-28-8-6-16)22(25(31)26(29)32)24(30)21-13-17-12-18(27)3-4-20(17)33-21/h3-13,23,31H,1-2H3. The first kappa shape index (κ1) is 21.2. The molecule has 1 N–H and O–H groups in total. The van der Waals surface area contributed by atoms with Crippen molar-refractivity contribution in [2.24, 2.45) is 0 Å². The van der Waals surface area contributed by atoms with E-state index in [1.165, 1.54) is 4.90 Å². The largest absolute Gasteiger partial charge is 0.503 e. The molecule has 1 aliphatic heterocycles. The van der Waals surface area contributed by atoms with Crippen LogP contribution in [0.5, 0.6) is 0 Å². The number of rotatable bonds is 4. The van der Waals surface area contributed by atoms with Gasteiger partial charge in [-0.25, -0.2) is 0 Å². The van der Waals surface area contributed by atoms with Crippen molar-refractivity contribution >= 4 is 44.3 Å². The van der Waals surface area contributed by atoms with Crippen LogP contribution >= 0.6 is 15.9 Å². The predicted molar refractivity (Wildman–Crippen MR) is 128 cm³/mol. The third-order valence-electron chi connectivity index (χ3n) is 5.66. The van der Waals surface area contributed by atoms with Gasteiger partial charge in [0.15, 0.2) is 11.5 Å². The Balaban J connectivity index is 1.67. The third-order valence-corrected chi connectivity index (χ3v) is 6.15. The van der Waals surface area contributed by atoms with E-state index in [4.69, 9.17) is 4.42 Å². The lowest BCUT2D eigenvalue weighted by Crippen LogP contribution is -2.31. The normalized spacial score (nSPS) is 16.2. The molecule has 7 heteroatoms. The molecule has 0 radical (unpaired) electrons. The van der Waals surface area contributed by atoms with E-state index in [1.54, 1.807) is 36.7 Å². The summed E-state index contributed by atoms with van der Waals surface area (Å²) in [6.45, 7) is 3.87. The van der Waals surface area contributed by atoms with E-state index in [1.807, 2.05) is 44.2 Å². The summed E-state index contributed by atoms with van der Waals surface area (Å²) in [5.74, 6) is -1.70. The van der Waals surface area contributed by atoms with Gasteiger partial charge < -0.3 is 9.52 Å². The molecular weight excluding hydrogens is 484 g/mol. The molecule has 1 aliphatic rings. The maximum Gasteiger partial charge on any atom is 0.294 e. The summed E-state index contributed by atoms with van der Waals surface area (Å²) in [6, 6.07) is 15.4. The summed E-state index contributed by atoms with van der Waals surface area (Å²) < 4.78 is 6.64. The Hall–Kier alpha value is -3.71. The van der Waals surface area contributed by atoms with Gasteiger partial charge in [-0.1, -0.05) is 22.0 Å². The zero-order chi connectivity index (χ0) is 23.3. The van der Waals surface area contributed by atoms with E-state index in [0.717, 1.165) is 21.0 Å². The number of Topliss-reactive ketones (excluding diaryl/α,β-unsaturated/α-hetero) is 1. The summed E-state index contributed by atoms with van der Waals surface area (Å²) in [6.07, 6.45) is 3.19. The molecule has 1 unspecified atom stereocenters. The number of aliphatic hydroxyl groups is 1. The first-order chi connectivity index (χ1) is 15.8. The summed E-state index contributed by atoms with van der Waals surface area (Å²) in [4.78, 5) is 32.4. The third kappa shape index (κ3) is 3.64. The molecule has 33 heavy (non-hydrogen) atoms. The number of furan rings is 1. The highest BCUT2D eigenvalue weighted by Gasteiger charge is 2.45. The van der Waals surface area contributed by atoms with Crippen molar-refractivity contribution < 1.29 is 19.1 Å². The number of aliphatic hydroxyl groups excluding tert-OH is 1. The number of ketones is 1. The molecule has 1 atom stereocenters. The van der Waals surface area contributed by atoms with Crippen molar-refractivity contribution in [2.75, 3.05) is 4.90 Å². The SMILES string of the molecule is Cc1cc(C)cc(N2C(=O)C(O)=C(C(=O)c3cc4cc(Br)ccc4o3)C2c2ccncc2)c1. The number of halogens is 1. The van der Waals surface area contributed by atoms with Crippen molar-refractivity contribution in [1.29, 1.82) is 0 Å². The number of hydrogen-bond donors (Lipinski definition) is 1. The highest BCUT2D eigenvalue weighted by Crippen LogP contribution is 2.42. The van der Waals surface area contributed by atoms with E-state index >= 15 is 0 Å². The monoisotopic (exact) mass is 502 g/mol. The molecule has 2 aromatic heterocycles. The smallest absolute Gasteiger partial charge is 0.294 e. The Labute approximate surface area is 198 Å². The Morgan fingerprint density at radius 2 is 1.73 bits per heavy atom. The van der Waals surface area contributed by atoms with Gasteiger partial charge >= 0.3 is 0 Å². The Morgan fingerprint density at radius 3 is 2.42 bits per heavy atom. The summed E-state index contributed by atoms with van der Waals surface area (Å²) in [5, 5.41) is 11.7. The summed E-state index contributed by atoms with van der Waals surface area (Å²) >= 11 is 3.41. The van der Waals surface area contributed by atoms with E-state index in [2.05, 4.69) is 20.9 Å². The lowest BCUT2D eigenvalue weighted by atomic mass is 9.95. The van der Waals surface area contributed by atoms with Crippen LogP contribution in [0.15, 0.2) is 87.2 Å². The van der Waals surface area contributed by atoms with Gasteiger partial charge in [0.05, 0.1) is 11.6 Å². The highest BCUT2D eigenvalue weighted by atomic mass is 79.9. The quantitative estimate of drug-likeness (QED) is 0.346. The molecule has 0 saturated carbocycles. The van der Waals surface area contributed by atoms with Gasteiger partial charge in [0.25, 0.3) is 5.91 Å². The fraction of sp³-hybridized carbons (Fsp3) is 0.115. The van der Waals surface area contributed by atoms with Crippen molar-refractivity contribution in [3.05, 3.63) is 105 Å². The molecule has 4 aromatic rings.